The molecule has 2 rings (SSSR count). The molecule has 5 nitrogen and oxygen atoms in total. The molecule has 110 valence electrons. The van der Waals surface area contributed by atoms with E-state index in [1.807, 2.05) is 32.0 Å². The van der Waals surface area contributed by atoms with Crippen molar-refractivity contribution in [2.45, 2.75) is 40.7 Å². The largest absolute Gasteiger partial charge is 0.364 e. The van der Waals surface area contributed by atoms with Gasteiger partial charge in [0.25, 0.3) is 0 Å². The highest BCUT2D eigenvalue weighted by molar-refractivity contribution is 5.95. The molecule has 0 radical (unpaired) electrons. The van der Waals surface area contributed by atoms with Crippen molar-refractivity contribution in [2.24, 2.45) is 0 Å². The molecule has 2 aromatic heterocycles. The number of ketones is 1. The van der Waals surface area contributed by atoms with Gasteiger partial charge in [-0.2, -0.15) is 0 Å². The lowest BCUT2D eigenvalue weighted by Crippen LogP contribution is -2.08. The summed E-state index contributed by atoms with van der Waals surface area (Å²) in [6.07, 6.45) is 0.878. The molecule has 0 saturated heterocycles. The normalized spacial score (nSPS) is 10.5. The molecule has 5 heteroatoms. The lowest BCUT2D eigenvalue weighted by atomic mass is 10.1. The zero-order valence-electron chi connectivity index (χ0n) is 12.9. The minimum absolute atomic E-state index is 0.0403. The fourth-order valence-electron chi connectivity index (χ4n) is 2.17. The number of nitrogens with zero attached hydrogens (tertiary/aromatic N) is 3. The van der Waals surface area contributed by atoms with Crippen LogP contribution in [0.15, 0.2) is 18.2 Å². The molecule has 0 spiro atoms. The number of aryl methyl sites for hydroxylation is 3. The van der Waals surface area contributed by atoms with E-state index >= 15 is 0 Å². The van der Waals surface area contributed by atoms with Gasteiger partial charge in [-0.3, -0.25) is 9.78 Å². The summed E-state index contributed by atoms with van der Waals surface area (Å²) in [5, 5.41) is 3.25. The van der Waals surface area contributed by atoms with Crippen LogP contribution >= 0.6 is 0 Å². The molecular weight excluding hydrogens is 264 g/mol. The summed E-state index contributed by atoms with van der Waals surface area (Å²) in [6, 6.07) is 5.64. The third kappa shape index (κ3) is 3.84. The summed E-state index contributed by atoms with van der Waals surface area (Å²) in [4.78, 5) is 24.5. The zero-order valence-corrected chi connectivity index (χ0v) is 12.9. The molecule has 0 unspecified atom stereocenters. The second-order valence-corrected chi connectivity index (χ2v) is 4.99. The number of nitrogens with one attached hydrogen (secondary N) is 1. The van der Waals surface area contributed by atoms with E-state index in [0.717, 1.165) is 35.1 Å². The number of carbonyl (C=O) groups excluding carboxylic acids is 1. The number of aromatic nitrogens is 3. The molecule has 2 heterocycles. The predicted molar refractivity (Wildman–Crippen MR) is 82.5 cm³/mol. The fourth-order valence-corrected chi connectivity index (χ4v) is 2.17. The van der Waals surface area contributed by atoms with Crippen LogP contribution in [0.5, 0.6) is 0 Å². The van der Waals surface area contributed by atoms with Gasteiger partial charge < -0.3 is 5.32 Å². The Kier molecular flexibility index (Phi) is 4.62. The third-order valence-electron chi connectivity index (χ3n) is 3.23. The first kappa shape index (κ1) is 15.1. The van der Waals surface area contributed by atoms with Crippen molar-refractivity contribution in [1.29, 1.82) is 0 Å². The lowest BCUT2D eigenvalue weighted by molar-refractivity contribution is 0.101. The summed E-state index contributed by atoms with van der Waals surface area (Å²) >= 11 is 0. The number of pyridine rings is 1. The van der Waals surface area contributed by atoms with Crippen molar-refractivity contribution >= 4 is 11.6 Å². The average Bonchev–Trinajstić information content (AvgIpc) is 2.44. The van der Waals surface area contributed by atoms with Crippen molar-refractivity contribution in [3.63, 3.8) is 0 Å². The Balaban J connectivity index is 2.11. The smallest absolute Gasteiger partial charge is 0.161 e. The number of Topliss-reactive ketones (excluding diaryl/α,β-unsaturated/α-hetero) is 1. The summed E-state index contributed by atoms with van der Waals surface area (Å²) in [5.41, 5.74) is 3.33. The Bertz CT molecular complexity index is 667. The van der Waals surface area contributed by atoms with Crippen molar-refractivity contribution in [3.05, 3.63) is 46.7 Å². The molecule has 0 fully saturated rings. The average molecular weight is 284 g/mol. The van der Waals surface area contributed by atoms with Crippen molar-refractivity contribution in [1.82, 2.24) is 15.0 Å². The molecule has 2 aromatic rings. The lowest BCUT2D eigenvalue weighted by Gasteiger charge is -2.09. The first-order chi connectivity index (χ1) is 9.99. The van der Waals surface area contributed by atoms with Crippen LogP contribution in [0.25, 0.3) is 0 Å². The van der Waals surface area contributed by atoms with Gasteiger partial charge in [-0.15, -0.1) is 0 Å². The summed E-state index contributed by atoms with van der Waals surface area (Å²) in [5.74, 6) is 1.60. The zero-order chi connectivity index (χ0) is 15.4. The maximum Gasteiger partial charge on any atom is 0.161 e. The van der Waals surface area contributed by atoms with Crippen molar-refractivity contribution in [2.75, 3.05) is 5.32 Å². The molecule has 0 bridgehead atoms. The molecule has 0 aromatic carbocycles. The van der Waals surface area contributed by atoms with E-state index < -0.39 is 0 Å². The topological polar surface area (TPSA) is 67.8 Å². The number of rotatable bonds is 5. The minimum Gasteiger partial charge on any atom is -0.364 e. The van der Waals surface area contributed by atoms with Gasteiger partial charge in [0.15, 0.2) is 5.78 Å². The van der Waals surface area contributed by atoms with Crippen LogP contribution in [-0.2, 0) is 13.0 Å². The van der Waals surface area contributed by atoms with E-state index in [-0.39, 0.29) is 5.78 Å². The van der Waals surface area contributed by atoms with Gasteiger partial charge in [-0.1, -0.05) is 6.92 Å². The Morgan fingerprint density at radius 3 is 2.52 bits per heavy atom. The molecule has 0 saturated carbocycles. The Labute approximate surface area is 124 Å². The van der Waals surface area contributed by atoms with Crippen LogP contribution in [0.2, 0.25) is 0 Å². The molecular formula is C16H20N4O. The van der Waals surface area contributed by atoms with Gasteiger partial charge >= 0.3 is 0 Å². The highest BCUT2D eigenvalue weighted by atomic mass is 16.1. The SMILES string of the molecule is CCc1cc(NCc2ccc(C(C)=O)c(C)n2)nc(C)n1. The Morgan fingerprint density at radius 1 is 1.14 bits per heavy atom. The van der Waals surface area contributed by atoms with Crippen molar-refractivity contribution in [3.8, 4) is 0 Å². The molecule has 0 atom stereocenters. The van der Waals surface area contributed by atoms with E-state index in [4.69, 9.17) is 0 Å². The van der Waals surface area contributed by atoms with Crippen LogP contribution < -0.4 is 5.32 Å². The molecule has 21 heavy (non-hydrogen) atoms. The van der Waals surface area contributed by atoms with E-state index in [1.54, 1.807) is 6.92 Å². The Hall–Kier alpha value is -2.30. The number of hydrogen-bond acceptors (Lipinski definition) is 5. The highest BCUT2D eigenvalue weighted by Gasteiger charge is 2.06. The van der Waals surface area contributed by atoms with Gasteiger partial charge in [-0.05, 0) is 39.3 Å². The number of hydrogen-bond donors (Lipinski definition) is 1. The Morgan fingerprint density at radius 2 is 1.90 bits per heavy atom. The molecule has 0 aliphatic heterocycles. The summed E-state index contributed by atoms with van der Waals surface area (Å²) in [7, 11) is 0. The monoisotopic (exact) mass is 284 g/mol. The van der Waals surface area contributed by atoms with Gasteiger partial charge in [0.2, 0.25) is 0 Å². The van der Waals surface area contributed by atoms with Crippen LogP contribution in [0.3, 0.4) is 0 Å². The maximum atomic E-state index is 11.4. The third-order valence-corrected chi connectivity index (χ3v) is 3.23. The number of carbonyl (C=O) groups is 1. The summed E-state index contributed by atoms with van der Waals surface area (Å²) in [6.45, 7) is 7.92. The van der Waals surface area contributed by atoms with Crippen LogP contribution in [-0.4, -0.2) is 20.7 Å². The maximum absolute atomic E-state index is 11.4. The fraction of sp³-hybridized carbons (Fsp3) is 0.375. The van der Waals surface area contributed by atoms with Crippen LogP contribution in [0.4, 0.5) is 5.82 Å². The van der Waals surface area contributed by atoms with E-state index in [2.05, 4.69) is 27.2 Å². The highest BCUT2D eigenvalue weighted by Crippen LogP contribution is 2.11. The van der Waals surface area contributed by atoms with Crippen LogP contribution in [0, 0.1) is 13.8 Å². The van der Waals surface area contributed by atoms with E-state index in [9.17, 15) is 4.79 Å². The van der Waals surface area contributed by atoms with E-state index in [1.165, 1.54) is 0 Å². The molecule has 0 aliphatic carbocycles. The second kappa shape index (κ2) is 6.43. The van der Waals surface area contributed by atoms with Gasteiger partial charge in [0, 0.05) is 23.0 Å². The minimum atomic E-state index is 0.0403. The standard InChI is InChI=1S/C16H20N4O/c1-5-13-8-16(20-12(4)19-13)17-9-14-6-7-15(11(3)21)10(2)18-14/h6-8H,5,9H2,1-4H3,(H,17,19,20). The van der Waals surface area contributed by atoms with Gasteiger partial charge in [0.05, 0.1) is 12.2 Å². The van der Waals surface area contributed by atoms with Gasteiger partial charge in [0.1, 0.15) is 11.6 Å². The van der Waals surface area contributed by atoms with Crippen molar-refractivity contribution < 1.29 is 4.79 Å². The first-order valence-corrected chi connectivity index (χ1v) is 7.05. The predicted octanol–water partition coefficient (Wildman–Crippen LogP) is 2.87. The van der Waals surface area contributed by atoms with Crippen LogP contribution in [0.1, 0.15) is 47.1 Å². The number of anilines is 1. The molecule has 0 aliphatic rings. The first-order valence-electron chi connectivity index (χ1n) is 7.05. The second-order valence-electron chi connectivity index (χ2n) is 4.99. The van der Waals surface area contributed by atoms with Gasteiger partial charge in [-0.25, -0.2) is 9.97 Å². The van der Waals surface area contributed by atoms with E-state index in [0.29, 0.717) is 12.1 Å². The quantitative estimate of drug-likeness (QED) is 0.855. The molecule has 1 N–H and O–H groups in total. The molecule has 0 amide bonds. The summed E-state index contributed by atoms with van der Waals surface area (Å²) < 4.78 is 0.